The van der Waals surface area contributed by atoms with Crippen LogP contribution in [0.15, 0.2) is 59.8 Å². The molecular weight excluding hydrogens is 490 g/mol. The lowest BCUT2D eigenvalue weighted by Gasteiger charge is -2.39. The molecule has 38 heavy (non-hydrogen) atoms. The van der Waals surface area contributed by atoms with Gasteiger partial charge in [0.05, 0.1) is 22.5 Å². The zero-order valence-corrected chi connectivity index (χ0v) is 23.9. The third kappa shape index (κ3) is 5.46. The van der Waals surface area contributed by atoms with Gasteiger partial charge in [0.2, 0.25) is 0 Å². The van der Waals surface area contributed by atoms with Crippen LogP contribution in [0.4, 0.5) is 0 Å². The van der Waals surface area contributed by atoms with E-state index < -0.39 is 8.07 Å². The van der Waals surface area contributed by atoms with E-state index in [2.05, 4.69) is 48.2 Å². The third-order valence-electron chi connectivity index (χ3n) is 7.79. The van der Waals surface area contributed by atoms with Crippen LogP contribution in [-0.4, -0.2) is 46.8 Å². The molecule has 1 saturated heterocycles. The van der Waals surface area contributed by atoms with Gasteiger partial charge in [0.1, 0.15) is 12.4 Å². The summed E-state index contributed by atoms with van der Waals surface area (Å²) < 4.78 is 10.3. The van der Waals surface area contributed by atoms with E-state index in [0.717, 1.165) is 66.4 Å². The number of likely N-dealkylation sites (tertiary alicyclic amines) is 1. The van der Waals surface area contributed by atoms with Gasteiger partial charge in [-0.15, -0.1) is 0 Å². The largest absolute Gasteiger partial charge is 0.361 e. The summed E-state index contributed by atoms with van der Waals surface area (Å²) in [6.07, 6.45) is 6.75. The quantitative estimate of drug-likeness (QED) is 0.220. The van der Waals surface area contributed by atoms with Crippen LogP contribution >= 0.6 is 0 Å². The standard InChI is InChI=1S/C30H37N5O2Si/c1-22-9-12-33(19-24-8-6-5-7-23(24)17-31)20-27(22)35-14-11-28(36)26-18-32-30-25(29(26)35)10-13-34(30)21-37-15-16-38(2,3)4/h5-8,10-11,13-14,18,22,27H,9,12,15-16,19-21H2,1-4H3/t22-,27+/m1/s1. The van der Waals surface area contributed by atoms with E-state index in [1.54, 1.807) is 12.3 Å². The molecule has 8 heteroatoms. The van der Waals surface area contributed by atoms with E-state index in [1.165, 1.54) is 0 Å². The van der Waals surface area contributed by atoms with Gasteiger partial charge in [-0.2, -0.15) is 5.26 Å². The van der Waals surface area contributed by atoms with Gasteiger partial charge < -0.3 is 13.9 Å². The number of piperidine rings is 1. The molecule has 1 aliphatic heterocycles. The Kier molecular flexibility index (Phi) is 7.53. The lowest BCUT2D eigenvalue weighted by Crippen LogP contribution is -2.40. The van der Waals surface area contributed by atoms with Crippen LogP contribution in [0.5, 0.6) is 0 Å². The zero-order chi connectivity index (χ0) is 26.9. The third-order valence-corrected chi connectivity index (χ3v) is 9.49. The Morgan fingerprint density at radius 1 is 1.13 bits per heavy atom. The topological polar surface area (TPSA) is 76.1 Å². The van der Waals surface area contributed by atoms with Crippen LogP contribution in [0.25, 0.3) is 21.9 Å². The van der Waals surface area contributed by atoms with Gasteiger partial charge in [-0.3, -0.25) is 9.69 Å². The highest BCUT2D eigenvalue weighted by Crippen LogP contribution is 2.33. The first-order chi connectivity index (χ1) is 18.2. The van der Waals surface area contributed by atoms with Gasteiger partial charge in [0.25, 0.3) is 0 Å². The first-order valence-electron chi connectivity index (χ1n) is 13.5. The van der Waals surface area contributed by atoms with Crippen LogP contribution in [0.1, 0.15) is 30.5 Å². The second-order valence-corrected chi connectivity index (χ2v) is 17.4. The molecule has 7 nitrogen and oxygen atoms in total. The molecule has 1 aliphatic rings. The van der Waals surface area contributed by atoms with Crippen molar-refractivity contribution in [1.29, 1.82) is 5.26 Å². The highest BCUT2D eigenvalue weighted by Gasteiger charge is 2.29. The van der Waals surface area contributed by atoms with Crippen LogP contribution in [0.2, 0.25) is 25.7 Å². The molecule has 0 spiro atoms. The first kappa shape index (κ1) is 26.4. The number of fused-ring (bicyclic) bond motifs is 3. The van der Waals surface area contributed by atoms with Crippen molar-refractivity contribution in [3.63, 3.8) is 0 Å². The lowest BCUT2D eigenvalue weighted by atomic mass is 9.92. The predicted molar refractivity (Wildman–Crippen MR) is 155 cm³/mol. The fourth-order valence-electron chi connectivity index (χ4n) is 5.45. The predicted octanol–water partition coefficient (Wildman–Crippen LogP) is 5.62. The molecular formula is C30H37N5O2Si. The van der Waals surface area contributed by atoms with Crippen molar-refractivity contribution < 1.29 is 4.74 Å². The fraction of sp³-hybridized carbons (Fsp3) is 0.433. The lowest BCUT2D eigenvalue weighted by molar-refractivity contribution is 0.0899. The van der Waals surface area contributed by atoms with Crippen molar-refractivity contribution in [2.75, 3.05) is 19.7 Å². The molecule has 4 heterocycles. The van der Waals surface area contributed by atoms with Crippen LogP contribution in [0, 0.1) is 17.2 Å². The van der Waals surface area contributed by atoms with Crippen molar-refractivity contribution in [3.05, 3.63) is 76.3 Å². The van der Waals surface area contributed by atoms with E-state index in [1.807, 2.05) is 41.2 Å². The van der Waals surface area contributed by atoms with Crippen LogP contribution in [-0.2, 0) is 18.0 Å². The molecule has 3 aromatic heterocycles. The van der Waals surface area contributed by atoms with Crippen LogP contribution in [0.3, 0.4) is 0 Å². The van der Waals surface area contributed by atoms with Crippen molar-refractivity contribution in [1.82, 2.24) is 19.0 Å². The fourth-order valence-corrected chi connectivity index (χ4v) is 6.20. The van der Waals surface area contributed by atoms with Gasteiger partial charge >= 0.3 is 0 Å². The minimum atomic E-state index is -1.15. The van der Waals surface area contributed by atoms with Crippen molar-refractivity contribution in [2.24, 2.45) is 5.92 Å². The maximum Gasteiger partial charge on any atom is 0.190 e. The van der Waals surface area contributed by atoms with Gasteiger partial charge in [-0.05, 0) is 42.6 Å². The Balaban J connectivity index is 1.47. The average molecular weight is 528 g/mol. The second kappa shape index (κ2) is 10.9. The molecule has 0 aliphatic carbocycles. The van der Waals surface area contributed by atoms with Gasteiger partial charge in [-0.25, -0.2) is 4.98 Å². The van der Waals surface area contributed by atoms with Gasteiger partial charge in [0, 0.05) is 63.9 Å². The summed E-state index contributed by atoms with van der Waals surface area (Å²) in [4.78, 5) is 20.0. The summed E-state index contributed by atoms with van der Waals surface area (Å²) in [5.74, 6) is 0.443. The highest BCUT2D eigenvalue weighted by molar-refractivity contribution is 6.76. The maximum absolute atomic E-state index is 12.9. The molecule has 0 amide bonds. The Hall–Kier alpha value is -3.25. The molecule has 0 bridgehead atoms. The Bertz CT molecular complexity index is 1540. The van der Waals surface area contributed by atoms with Gasteiger partial charge in [-0.1, -0.05) is 44.8 Å². The number of nitriles is 1. The van der Waals surface area contributed by atoms with E-state index in [-0.39, 0.29) is 11.5 Å². The minimum Gasteiger partial charge on any atom is -0.361 e. The van der Waals surface area contributed by atoms with E-state index in [9.17, 15) is 10.1 Å². The molecule has 5 rings (SSSR count). The minimum absolute atomic E-state index is 0.00643. The number of nitrogens with zero attached hydrogens (tertiary/aromatic N) is 5. The molecule has 0 radical (unpaired) electrons. The summed E-state index contributed by atoms with van der Waals surface area (Å²) in [5.41, 5.74) is 3.57. The summed E-state index contributed by atoms with van der Waals surface area (Å²) in [6, 6.07) is 15.2. The summed E-state index contributed by atoms with van der Waals surface area (Å²) in [5, 5.41) is 11.2. The average Bonchev–Trinajstić information content (AvgIpc) is 3.31. The number of benzene rings is 1. The Labute approximate surface area is 225 Å². The van der Waals surface area contributed by atoms with Crippen molar-refractivity contribution in [3.8, 4) is 6.07 Å². The molecule has 2 atom stereocenters. The first-order valence-corrected chi connectivity index (χ1v) is 17.2. The van der Waals surface area contributed by atoms with Crippen molar-refractivity contribution >= 4 is 30.0 Å². The van der Waals surface area contributed by atoms with E-state index in [0.29, 0.717) is 18.0 Å². The number of pyridine rings is 2. The Morgan fingerprint density at radius 2 is 1.95 bits per heavy atom. The van der Waals surface area contributed by atoms with Crippen LogP contribution < -0.4 is 5.43 Å². The molecule has 1 aromatic carbocycles. The molecule has 0 unspecified atom stereocenters. The van der Waals surface area contributed by atoms with E-state index in [4.69, 9.17) is 9.72 Å². The number of hydrogen-bond donors (Lipinski definition) is 0. The summed E-state index contributed by atoms with van der Waals surface area (Å²) >= 11 is 0. The van der Waals surface area contributed by atoms with Crippen molar-refractivity contribution in [2.45, 2.75) is 58.3 Å². The SMILES string of the molecule is C[C@@H]1CCN(Cc2ccccc2C#N)C[C@@H]1n1ccc(=O)c2cnc3c(ccn3COCC[Si](C)(C)C)c21. The smallest absolute Gasteiger partial charge is 0.190 e. The summed E-state index contributed by atoms with van der Waals surface area (Å²) in [7, 11) is -1.15. The monoisotopic (exact) mass is 527 g/mol. The highest BCUT2D eigenvalue weighted by atomic mass is 28.3. The zero-order valence-electron chi connectivity index (χ0n) is 22.9. The molecule has 1 fully saturated rings. The van der Waals surface area contributed by atoms with Gasteiger partial charge in [0.15, 0.2) is 5.43 Å². The number of rotatable bonds is 8. The number of aromatic nitrogens is 3. The molecule has 198 valence electrons. The maximum atomic E-state index is 12.9. The second-order valence-electron chi connectivity index (χ2n) is 11.8. The number of ether oxygens (including phenoxy) is 1. The molecule has 0 saturated carbocycles. The molecule has 4 aromatic rings. The molecule has 0 N–H and O–H groups in total. The summed E-state index contributed by atoms with van der Waals surface area (Å²) in [6.45, 7) is 13.1. The van der Waals surface area contributed by atoms with E-state index >= 15 is 0 Å². The Morgan fingerprint density at radius 3 is 2.74 bits per heavy atom. The normalized spacial score (nSPS) is 18.7. The number of hydrogen-bond acceptors (Lipinski definition) is 5.